The van der Waals surface area contributed by atoms with Gasteiger partial charge in [-0.1, -0.05) is 71.8 Å². The predicted octanol–water partition coefficient (Wildman–Crippen LogP) is 6.00. The smallest absolute Gasteiger partial charge is 0.161 e. The van der Waals surface area contributed by atoms with E-state index in [1.54, 1.807) is 0 Å². The molecule has 0 aliphatic heterocycles. The van der Waals surface area contributed by atoms with Gasteiger partial charge in [-0.15, -0.1) is 10.2 Å². The molecule has 0 amide bonds. The Balaban J connectivity index is 1.83. The minimum absolute atomic E-state index is 0.679. The van der Waals surface area contributed by atoms with Crippen LogP contribution in [0.1, 0.15) is 5.56 Å². The average molecular weight is 346 g/mol. The van der Waals surface area contributed by atoms with Gasteiger partial charge >= 0.3 is 0 Å². The summed E-state index contributed by atoms with van der Waals surface area (Å²) in [5.74, 6) is 0.716. The van der Waals surface area contributed by atoms with Crippen LogP contribution >= 0.6 is 11.6 Å². The number of nitrogens with zero attached hydrogens (tertiary/aromatic N) is 2. The fourth-order valence-corrected chi connectivity index (χ4v) is 3.01. The summed E-state index contributed by atoms with van der Waals surface area (Å²) in [7, 11) is 0. The molecule has 0 atom stereocenters. The molecule has 0 saturated heterocycles. The Bertz CT molecular complexity index is 1040. The van der Waals surface area contributed by atoms with Crippen molar-refractivity contribution in [3.63, 3.8) is 0 Å². The molecular weight excluding hydrogens is 330 g/mol. The lowest BCUT2D eigenvalue weighted by Gasteiger charge is -2.11. The number of aryl methyl sites for hydroxylation is 1. The van der Waals surface area contributed by atoms with Crippen molar-refractivity contribution in [3.8, 4) is 11.3 Å². The molecule has 0 aliphatic carbocycles. The molecule has 0 radical (unpaired) electrons. The Hall–Kier alpha value is -2.91. The fourth-order valence-electron chi connectivity index (χ4n) is 2.82. The summed E-state index contributed by atoms with van der Waals surface area (Å²) in [6.07, 6.45) is 0. The molecule has 0 unspecified atom stereocenters. The van der Waals surface area contributed by atoms with Crippen LogP contribution in [-0.4, -0.2) is 10.2 Å². The van der Waals surface area contributed by atoms with Gasteiger partial charge in [0, 0.05) is 27.0 Å². The highest BCUT2D eigenvalue weighted by Crippen LogP contribution is 2.31. The van der Waals surface area contributed by atoms with Crippen LogP contribution in [0.3, 0.4) is 0 Å². The van der Waals surface area contributed by atoms with E-state index >= 15 is 0 Å². The summed E-state index contributed by atoms with van der Waals surface area (Å²) in [6, 6.07) is 24.0. The van der Waals surface area contributed by atoms with Crippen molar-refractivity contribution < 1.29 is 0 Å². The number of hydrogen-bond acceptors (Lipinski definition) is 3. The van der Waals surface area contributed by atoms with Crippen LogP contribution in [-0.2, 0) is 0 Å². The molecule has 3 nitrogen and oxygen atoms in total. The minimum Gasteiger partial charge on any atom is -0.338 e. The quantitative estimate of drug-likeness (QED) is 0.494. The minimum atomic E-state index is 0.679. The van der Waals surface area contributed by atoms with E-state index in [0.29, 0.717) is 10.8 Å². The van der Waals surface area contributed by atoms with Gasteiger partial charge in [0.05, 0.1) is 0 Å². The second-order valence-corrected chi connectivity index (χ2v) is 6.38. The van der Waals surface area contributed by atoms with Gasteiger partial charge in [0.15, 0.2) is 5.82 Å². The van der Waals surface area contributed by atoms with E-state index in [4.69, 9.17) is 11.6 Å². The molecule has 122 valence electrons. The Morgan fingerprint density at radius 1 is 0.800 bits per heavy atom. The van der Waals surface area contributed by atoms with Gasteiger partial charge in [0.2, 0.25) is 0 Å². The van der Waals surface area contributed by atoms with Crippen molar-refractivity contribution in [2.75, 3.05) is 5.32 Å². The molecule has 0 spiro atoms. The molecule has 3 aromatic carbocycles. The van der Waals surface area contributed by atoms with Gasteiger partial charge in [-0.3, -0.25) is 0 Å². The summed E-state index contributed by atoms with van der Waals surface area (Å²) in [4.78, 5) is 0. The lowest BCUT2D eigenvalue weighted by atomic mass is 10.0. The maximum absolute atomic E-state index is 6.07. The Morgan fingerprint density at radius 2 is 1.56 bits per heavy atom. The Labute approximate surface area is 151 Å². The van der Waals surface area contributed by atoms with Crippen molar-refractivity contribution in [1.29, 1.82) is 0 Å². The Kier molecular flexibility index (Phi) is 4.08. The highest BCUT2D eigenvalue weighted by Gasteiger charge is 2.11. The molecular formula is C21H16ClN3. The monoisotopic (exact) mass is 345 g/mol. The third kappa shape index (κ3) is 3.19. The third-order valence-corrected chi connectivity index (χ3v) is 4.33. The Morgan fingerprint density at radius 3 is 2.32 bits per heavy atom. The predicted molar refractivity (Wildman–Crippen MR) is 104 cm³/mol. The van der Waals surface area contributed by atoms with E-state index in [9.17, 15) is 0 Å². The van der Waals surface area contributed by atoms with Crippen LogP contribution < -0.4 is 5.32 Å². The first kappa shape index (κ1) is 15.6. The SMILES string of the molecule is Cc1ccc(-c2nnc(Nc3cccc(Cl)c3)c3ccccc23)cc1. The number of rotatable bonds is 3. The summed E-state index contributed by atoms with van der Waals surface area (Å²) >= 11 is 6.07. The fraction of sp³-hybridized carbons (Fsp3) is 0.0476. The maximum atomic E-state index is 6.07. The number of halogens is 1. The molecule has 25 heavy (non-hydrogen) atoms. The first-order valence-corrected chi connectivity index (χ1v) is 8.43. The summed E-state index contributed by atoms with van der Waals surface area (Å²) < 4.78 is 0. The first-order chi connectivity index (χ1) is 12.2. The summed E-state index contributed by atoms with van der Waals surface area (Å²) in [5.41, 5.74) is 4.05. The van der Waals surface area contributed by atoms with Crippen LogP contribution in [0.2, 0.25) is 5.02 Å². The van der Waals surface area contributed by atoms with Crippen molar-refractivity contribution in [2.24, 2.45) is 0 Å². The van der Waals surface area contributed by atoms with Crippen molar-refractivity contribution in [1.82, 2.24) is 10.2 Å². The molecule has 4 heteroatoms. The van der Waals surface area contributed by atoms with E-state index in [-0.39, 0.29) is 0 Å². The van der Waals surface area contributed by atoms with Gasteiger partial charge in [-0.05, 0) is 25.1 Å². The number of nitrogens with one attached hydrogen (secondary N) is 1. The van der Waals surface area contributed by atoms with E-state index in [1.807, 2.05) is 36.4 Å². The van der Waals surface area contributed by atoms with Crippen LogP contribution in [0.25, 0.3) is 22.0 Å². The van der Waals surface area contributed by atoms with Crippen molar-refractivity contribution >= 4 is 33.9 Å². The van der Waals surface area contributed by atoms with E-state index in [2.05, 4.69) is 58.8 Å². The number of hydrogen-bond donors (Lipinski definition) is 1. The first-order valence-electron chi connectivity index (χ1n) is 8.06. The number of anilines is 2. The van der Waals surface area contributed by atoms with E-state index < -0.39 is 0 Å². The van der Waals surface area contributed by atoms with Crippen molar-refractivity contribution in [3.05, 3.63) is 83.4 Å². The van der Waals surface area contributed by atoms with Crippen LogP contribution in [0.5, 0.6) is 0 Å². The molecule has 0 bridgehead atoms. The zero-order valence-corrected chi connectivity index (χ0v) is 14.5. The maximum Gasteiger partial charge on any atom is 0.161 e. The van der Waals surface area contributed by atoms with Gasteiger partial charge in [0.1, 0.15) is 5.69 Å². The largest absolute Gasteiger partial charge is 0.338 e. The van der Waals surface area contributed by atoms with Gasteiger partial charge in [-0.25, -0.2) is 0 Å². The van der Waals surface area contributed by atoms with Crippen LogP contribution in [0.4, 0.5) is 11.5 Å². The second kappa shape index (κ2) is 6.54. The molecule has 1 N–H and O–H groups in total. The molecule has 0 saturated carbocycles. The topological polar surface area (TPSA) is 37.8 Å². The highest BCUT2D eigenvalue weighted by atomic mass is 35.5. The molecule has 1 heterocycles. The van der Waals surface area contributed by atoms with Crippen LogP contribution in [0, 0.1) is 6.92 Å². The van der Waals surface area contributed by atoms with Crippen LogP contribution in [0.15, 0.2) is 72.8 Å². The third-order valence-electron chi connectivity index (χ3n) is 4.10. The summed E-state index contributed by atoms with van der Waals surface area (Å²) in [5, 5.41) is 15.0. The molecule has 0 aliphatic rings. The molecule has 1 aromatic heterocycles. The number of aromatic nitrogens is 2. The normalized spacial score (nSPS) is 10.8. The molecule has 4 aromatic rings. The number of benzene rings is 3. The second-order valence-electron chi connectivity index (χ2n) is 5.94. The summed E-state index contributed by atoms with van der Waals surface area (Å²) in [6.45, 7) is 2.07. The standard InChI is InChI=1S/C21H16ClN3/c1-14-9-11-15(12-10-14)20-18-7-2-3-8-19(18)21(25-24-20)23-17-6-4-5-16(22)13-17/h2-13H,1H3,(H,23,25). The number of fused-ring (bicyclic) bond motifs is 1. The average Bonchev–Trinajstić information content (AvgIpc) is 2.63. The molecule has 0 fully saturated rings. The van der Waals surface area contributed by atoms with Gasteiger partial charge in [0.25, 0.3) is 0 Å². The lowest BCUT2D eigenvalue weighted by molar-refractivity contribution is 1.06. The van der Waals surface area contributed by atoms with Gasteiger partial charge in [-0.2, -0.15) is 0 Å². The zero-order chi connectivity index (χ0) is 17.2. The lowest BCUT2D eigenvalue weighted by Crippen LogP contribution is -1.99. The highest BCUT2D eigenvalue weighted by molar-refractivity contribution is 6.30. The van der Waals surface area contributed by atoms with E-state index in [0.717, 1.165) is 27.7 Å². The van der Waals surface area contributed by atoms with Gasteiger partial charge < -0.3 is 5.32 Å². The zero-order valence-electron chi connectivity index (χ0n) is 13.7. The van der Waals surface area contributed by atoms with Crippen molar-refractivity contribution in [2.45, 2.75) is 6.92 Å². The molecule has 4 rings (SSSR count). The van der Waals surface area contributed by atoms with E-state index in [1.165, 1.54) is 5.56 Å².